The summed E-state index contributed by atoms with van der Waals surface area (Å²) in [6.07, 6.45) is 8.62. The van der Waals surface area contributed by atoms with E-state index in [4.69, 9.17) is 4.74 Å². The average Bonchev–Trinajstić information content (AvgIpc) is 2.90. The summed E-state index contributed by atoms with van der Waals surface area (Å²) in [5, 5.41) is 0. The van der Waals surface area contributed by atoms with Gasteiger partial charge in [0.05, 0.1) is 17.7 Å². The van der Waals surface area contributed by atoms with E-state index >= 15 is 0 Å². The molecule has 0 spiro atoms. The lowest BCUT2D eigenvalue weighted by Crippen LogP contribution is -2.27. The number of ether oxygens (including phenoxy) is 1. The molecule has 0 atom stereocenters. The first-order chi connectivity index (χ1) is 19.0. The van der Waals surface area contributed by atoms with Gasteiger partial charge in [-0.05, 0) is 79.9 Å². The normalized spacial score (nSPS) is 23.4. The standard InChI is InChI=1S/C32H35F7O/c1-2-3-4-20-5-9-22(10-6-20)23-11-7-21(8-12-23)19-40-25-17-29(35)31(30(36)18-25)24-15-27(33)26(28(34)16-24)13-14-32(37,38)39/h15-18,20-23H,2-12,19H2,1H3. The molecule has 0 saturated heterocycles. The van der Waals surface area contributed by atoms with Gasteiger partial charge in [-0.1, -0.05) is 44.9 Å². The van der Waals surface area contributed by atoms with Gasteiger partial charge in [0, 0.05) is 18.1 Å². The van der Waals surface area contributed by atoms with Crippen molar-refractivity contribution in [3.8, 4) is 28.7 Å². The van der Waals surface area contributed by atoms with Crippen molar-refractivity contribution in [1.82, 2.24) is 0 Å². The van der Waals surface area contributed by atoms with E-state index in [9.17, 15) is 30.7 Å². The average molecular weight is 569 g/mol. The first kappa shape index (κ1) is 30.3. The van der Waals surface area contributed by atoms with Crippen LogP contribution >= 0.6 is 0 Å². The first-order valence-electron chi connectivity index (χ1n) is 14.2. The van der Waals surface area contributed by atoms with E-state index in [1.165, 1.54) is 50.9 Å². The monoisotopic (exact) mass is 568 g/mol. The minimum Gasteiger partial charge on any atom is -0.493 e. The molecule has 2 aliphatic carbocycles. The zero-order valence-electron chi connectivity index (χ0n) is 22.7. The Morgan fingerprint density at radius 2 is 1.27 bits per heavy atom. The molecule has 2 saturated carbocycles. The van der Waals surface area contributed by atoms with Gasteiger partial charge in [-0.25, -0.2) is 17.6 Å². The van der Waals surface area contributed by atoms with Crippen molar-refractivity contribution in [3.05, 3.63) is 53.1 Å². The van der Waals surface area contributed by atoms with E-state index < -0.39 is 46.1 Å². The molecule has 2 fully saturated rings. The Morgan fingerprint density at radius 1 is 0.750 bits per heavy atom. The molecule has 0 bridgehead atoms. The van der Waals surface area contributed by atoms with Crippen LogP contribution in [0.5, 0.6) is 5.75 Å². The number of alkyl halides is 3. The topological polar surface area (TPSA) is 9.23 Å². The molecule has 0 aromatic heterocycles. The van der Waals surface area contributed by atoms with Gasteiger partial charge in [0.1, 0.15) is 29.0 Å². The zero-order valence-corrected chi connectivity index (χ0v) is 22.7. The van der Waals surface area contributed by atoms with Crippen molar-refractivity contribution < 1.29 is 35.5 Å². The van der Waals surface area contributed by atoms with Crippen LogP contribution in [0, 0.1) is 58.8 Å². The fraction of sp³-hybridized carbons (Fsp3) is 0.562. The third-order valence-electron chi connectivity index (χ3n) is 8.58. The Morgan fingerprint density at radius 3 is 1.77 bits per heavy atom. The van der Waals surface area contributed by atoms with E-state index in [0.29, 0.717) is 18.7 Å². The highest BCUT2D eigenvalue weighted by Gasteiger charge is 2.31. The summed E-state index contributed by atoms with van der Waals surface area (Å²) in [4.78, 5) is 0. The van der Waals surface area contributed by atoms with Crippen LogP contribution in [0.3, 0.4) is 0 Å². The number of benzene rings is 2. The van der Waals surface area contributed by atoms with Crippen molar-refractivity contribution in [2.45, 2.75) is 83.7 Å². The van der Waals surface area contributed by atoms with Crippen LogP contribution in [0.4, 0.5) is 30.7 Å². The van der Waals surface area contributed by atoms with Gasteiger partial charge in [0.2, 0.25) is 0 Å². The molecular formula is C32H35F7O. The molecular weight excluding hydrogens is 533 g/mol. The number of unbranched alkanes of at least 4 members (excludes halogenated alkanes) is 1. The number of rotatable bonds is 8. The lowest BCUT2D eigenvalue weighted by Gasteiger charge is -2.38. The lowest BCUT2D eigenvalue weighted by atomic mass is 9.69. The van der Waals surface area contributed by atoms with Crippen molar-refractivity contribution >= 4 is 0 Å². The van der Waals surface area contributed by atoms with Crippen molar-refractivity contribution in [2.24, 2.45) is 23.7 Å². The minimum atomic E-state index is -4.95. The molecule has 0 heterocycles. The van der Waals surface area contributed by atoms with E-state index in [2.05, 4.69) is 6.92 Å². The predicted octanol–water partition coefficient (Wildman–Crippen LogP) is 10.0. The van der Waals surface area contributed by atoms with Crippen molar-refractivity contribution in [3.63, 3.8) is 0 Å². The summed E-state index contributed by atoms with van der Waals surface area (Å²) in [7, 11) is 0. The smallest absolute Gasteiger partial charge is 0.458 e. The number of halogens is 7. The molecule has 8 heteroatoms. The first-order valence-corrected chi connectivity index (χ1v) is 14.2. The second kappa shape index (κ2) is 13.3. The molecule has 0 radical (unpaired) electrons. The fourth-order valence-corrected chi connectivity index (χ4v) is 6.36. The van der Waals surface area contributed by atoms with Crippen LogP contribution in [-0.2, 0) is 0 Å². The maximum Gasteiger partial charge on any atom is 0.458 e. The second-order valence-corrected chi connectivity index (χ2v) is 11.3. The Bertz CT molecular complexity index is 1160. The number of hydrogen-bond acceptors (Lipinski definition) is 1. The minimum absolute atomic E-state index is 0.0279. The third kappa shape index (κ3) is 7.95. The molecule has 1 nitrogen and oxygen atoms in total. The van der Waals surface area contributed by atoms with Crippen LogP contribution in [0.15, 0.2) is 24.3 Å². The van der Waals surface area contributed by atoms with Gasteiger partial charge in [-0.3, -0.25) is 0 Å². The van der Waals surface area contributed by atoms with E-state index in [0.717, 1.165) is 61.5 Å². The Kier molecular flexibility index (Phi) is 10.1. The molecule has 218 valence electrons. The maximum absolute atomic E-state index is 14.8. The van der Waals surface area contributed by atoms with Gasteiger partial charge >= 0.3 is 6.18 Å². The zero-order chi connectivity index (χ0) is 28.9. The number of hydrogen-bond donors (Lipinski definition) is 0. The molecule has 2 aliphatic rings. The lowest BCUT2D eigenvalue weighted by molar-refractivity contribution is -0.0696. The third-order valence-corrected chi connectivity index (χ3v) is 8.58. The van der Waals surface area contributed by atoms with Crippen LogP contribution < -0.4 is 4.74 Å². The van der Waals surface area contributed by atoms with Gasteiger partial charge < -0.3 is 4.74 Å². The summed E-state index contributed by atoms with van der Waals surface area (Å²) < 4.78 is 101. The van der Waals surface area contributed by atoms with Gasteiger partial charge in [-0.15, -0.1) is 0 Å². The molecule has 0 unspecified atom stereocenters. The molecule has 0 aliphatic heterocycles. The summed E-state index contributed by atoms with van der Waals surface area (Å²) >= 11 is 0. The highest BCUT2D eigenvalue weighted by atomic mass is 19.4. The predicted molar refractivity (Wildman–Crippen MR) is 141 cm³/mol. The highest BCUT2D eigenvalue weighted by molar-refractivity contribution is 5.67. The summed E-state index contributed by atoms with van der Waals surface area (Å²) in [6, 6.07) is 3.02. The fourth-order valence-electron chi connectivity index (χ4n) is 6.36. The molecule has 4 rings (SSSR count). The summed E-state index contributed by atoms with van der Waals surface area (Å²) in [5.41, 5.74) is -2.33. The van der Waals surface area contributed by atoms with E-state index in [1.807, 2.05) is 0 Å². The molecule has 0 amide bonds. The van der Waals surface area contributed by atoms with E-state index in [-0.39, 0.29) is 11.7 Å². The van der Waals surface area contributed by atoms with Gasteiger partial charge in [0.25, 0.3) is 0 Å². The quantitative estimate of drug-likeness (QED) is 0.227. The Labute approximate surface area is 231 Å². The largest absolute Gasteiger partial charge is 0.493 e. The molecule has 0 N–H and O–H groups in total. The Hall–Kier alpha value is -2.69. The Balaban J connectivity index is 1.32. The van der Waals surface area contributed by atoms with Crippen LogP contribution in [0.1, 0.15) is 83.1 Å². The van der Waals surface area contributed by atoms with Gasteiger partial charge in [0.15, 0.2) is 0 Å². The van der Waals surface area contributed by atoms with Gasteiger partial charge in [-0.2, -0.15) is 13.2 Å². The van der Waals surface area contributed by atoms with Crippen LogP contribution in [0.25, 0.3) is 11.1 Å². The molecule has 2 aromatic rings. The summed E-state index contributed by atoms with van der Waals surface area (Å²) in [5.74, 6) is -0.239. The molecule has 2 aromatic carbocycles. The highest BCUT2D eigenvalue weighted by Crippen LogP contribution is 2.42. The second-order valence-electron chi connectivity index (χ2n) is 11.3. The van der Waals surface area contributed by atoms with Crippen LogP contribution in [-0.4, -0.2) is 12.8 Å². The van der Waals surface area contributed by atoms with Crippen LogP contribution in [0.2, 0.25) is 0 Å². The van der Waals surface area contributed by atoms with E-state index in [1.54, 1.807) is 0 Å². The maximum atomic E-state index is 14.8. The summed E-state index contributed by atoms with van der Waals surface area (Å²) in [6.45, 7) is 2.57. The van der Waals surface area contributed by atoms with Crippen molar-refractivity contribution in [2.75, 3.05) is 6.61 Å². The molecule has 40 heavy (non-hydrogen) atoms. The SMILES string of the molecule is CCCCC1CCC(C2CCC(COc3cc(F)c(-c4cc(F)c(C#CC(F)(F)F)c(F)c4)c(F)c3)CC2)CC1. The van der Waals surface area contributed by atoms with Crippen molar-refractivity contribution in [1.29, 1.82) is 0 Å².